The molecule has 1 atom stereocenters. The molecule has 3 aromatic rings. The minimum atomic E-state index is -0.296. The van der Waals surface area contributed by atoms with Gasteiger partial charge in [0, 0.05) is 0 Å². The van der Waals surface area contributed by atoms with Crippen LogP contribution in [0.25, 0.3) is 5.69 Å². The second kappa shape index (κ2) is 6.65. The summed E-state index contributed by atoms with van der Waals surface area (Å²) in [7, 11) is 0. The average molecular weight is 356 g/mol. The molecule has 1 aromatic heterocycles. The largest absolute Gasteiger partial charge is 0.422 e. The van der Waals surface area contributed by atoms with Gasteiger partial charge in [0.15, 0.2) is 0 Å². The lowest BCUT2D eigenvalue weighted by Gasteiger charge is -2.25. The molecule has 0 amide bonds. The SMILES string of the molecule is CC(C)c1nn(-c2ccccc2)c2c1C(c1ccccc1)C(C#N)=C(N)O2. The lowest BCUT2D eigenvalue weighted by molar-refractivity contribution is 0.367. The molecule has 2 heterocycles. The number of allylic oxidation sites excluding steroid dienone is 1. The summed E-state index contributed by atoms with van der Waals surface area (Å²) >= 11 is 0. The Morgan fingerprint density at radius 1 is 1.07 bits per heavy atom. The molecule has 1 aliphatic heterocycles. The Balaban J connectivity index is 2.02. The van der Waals surface area contributed by atoms with Crippen LogP contribution < -0.4 is 10.5 Å². The van der Waals surface area contributed by atoms with E-state index in [0.29, 0.717) is 11.5 Å². The van der Waals surface area contributed by atoms with E-state index >= 15 is 0 Å². The number of aromatic nitrogens is 2. The van der Waals surface area contributed by atoms with Gasteiger partial charge in [0.25, 0.3) is 0 Å². The number of hydrogen-bond donors (Lipinski definition) is 1. The molecule has 5 nitrogen and oxygen atoms in total. The molecule has 0 fully saturated rings. The quantitative estimate of drug-likeness (QED) is 0.762. The third-order valence-corrected chi connectivity index (χ3v) is 4.76. The van der Waals surface area contributed by atoms with Gasteiger partial charge in [-0.15, -0.1) is 0 Å². The van der Waals surface area contributed by atoms with Gasteiger partial charge in [0.05, 0.1) is 22.9 Å². The molecule has 4 rings (SSSR count). The molecule has 0 saturated heterocycles. The van der Waals surface area contributed by atoms with E-state index in [2.05, 4.69) is 19.9 Å². The standard InChI is InChI=1S/C22H20N4O/c1-14(2)20-19-18(15-9-5-3-6-10-15)17(13-23)21(24)27-22(19)26(25-20)16-11-7-4-8-12-16/h3-12,14,18H,24H2,1-2H3. The summed E-state index contributed by atoms with van der Waals surface area (Å²) in [5.74, 6) is 0.578. The van der Waals surface area contributed by atoms with Gasteiger partial charge in [0.1, 0.15) is 11.6 Å². The molecular weight excluding hydrogens is 336 g/mol. The van der Waals surface area contributed by atoms with Crippen LogP contribution in [0.3, 0.4) is 0 Å². The number of rotatable bonds is 3. The zero-order valence-corrected chi connectivity index (χ0v) is 15.3. The van der Waals surface area contributed by atoms with Crippen molar-refractivity contribution in [3.8, 4) is 17.6 Å². The van der Waals surface area contributed by atoms with Gasteiger partial charge < -0.3 is 10.5 Å². The fourth-order valence-electron chi connectivity index (χ4n) is 3.52. The van der Waals surface area contributed by atoms with Gasteiger partial charge in [-0.3, -0.25) is 0 Å². The Labute approximate surface area is 158 Å². The third-order valence-electron chi connectivity index (χ3n) is 4.76. The van der Waals surface area contributed by atoms with Crippen molar-refractivity contribution < 1.29 is 4.74 Å². The first kappa shape index (κ1) is 16.9. The molecule has 0 spiro atoms. The molecule has 134 valence electrons. The predicted molar refractivity (Wildman–Crippen MR) is 103 cm³/mol. The van der Waals surface area contributed by atoms with E-state index in [1.807, 2.05) is 60.7 Å². The maximum absolute atomic E-state index is 9.78. The number of fused-ring (bicyclic) bond motifs is 1. The highest BCUT2D eigenvalue weighted by atomic mass is 16.5. The molecule has 1 aliphatic rings. The van der Waals surface area contributed by atoms with Crippen LogP contribution in [0.4, 0.5) is 0 Å². The van der Waals surface area contributed by atoms with Crippen molar-refractivity contribution in [2.75, 3.05) is 0 Å². The Hall–Kier alpha value is -3.52. The van der Waals surface area contributed by atoms with E-state index in [4.69, 9.17) is 15.6 Å². The summed E-state index contributed by atoms with van der Waals surface area (Å²) in [5.41, 5.74) is 10.3. The van der Waals surface area contributed by atoms with Crippen LogP contribution >= 0.6 is 0 Å². The zero-order valence-electron chi connectivity index (χ0n) is 15.3. The highest BCUT2D eigenvalue weighted by Gasteiger charge is 2.37. The number of hydrogen-bond acceptors (Lipinski definition) is 4. The third kappa shape index (κ3) is 2.76. The topological polar surface area (TPSA) is 76.9 Å². The van der Waals surface area contributed by atoms with Gasteiger partial charge in [0.2, 0.25) is 11.8 Å². The van der Waals surface area contributed by atoms with Gasteiger partial charge >= 0.3 is 0 Å². The van der Waals surface area contributed by atoms with Crippen LogP contribution in [0.15, 0.2) is 72.1 Å². The van der Waals surface area contributed by atoms with Gasteiger partial charge in [-0.2, -0.15) is 10.4 Å². The highest BCUT2D eigenvalue weighted by molar-refractivity contribution is 5.57. The predicted octanol–water partition coefficient (Wildman–Crippen LogP) is 4.21. The summed E-state index contributed by atoms with van der Waals surface area (Å²) in [6, 6.07) is 22.0. The molecule has 0 aliphatic carbocycles. The minimum absolute atomic E-state index is 0.131. The van der Waals surface area contributed by atoms with Crippen molar-refractivity contribution in [3.05, 3.63) is 88.9 Å². The maximum atomic E-state index is 9.78. The monoisotopic (exact) mass is 356 g/mol. The normalized spacial score (nSPS) is 16.0. The minimum Gasteiger partial charge on any atom is -0.422 e. The second-order valence-electron chi connectivity index (χ2n) is 6.84. The molecule has 27 heavy (non-hydrogen) atoms. The highest BCUT2D eigenvalue weighted by Crippen LogP contribution is 2.46. The lowest BCUT2D eigenvalue weighted by Crippen LogP contribution is -2.22. The van der Waals surface area contributed by atoms with Crippen molar-refractivity contribution >= 4 is 0 Å². The fraction of sp³-hybridized carbons (Fsp3) is 0.182. The number of nitrogens with zero attached hydrogens (tertiary/aromatic N) is 3. The first-order chi connectivity index (χ1) is 13.1. The van der Waals surface area contributed by atoms with Crippen LogP contribution in [0.5, 0.6) is 5.88 Å². The smallest absolute Gasteiger partial charge is 0.229 e. The number of para-hydroxylation sites is 1. The second-order valence-corrected chi connectivity index (χ2v) is 6.84. The van der Waals surface area contributed by atoms with E-state index in [9.17, 15) is 5.26 Å². The fourth-order valence-corrected chi connectivity index (χ4v) is 3.52. The van der Waals surface area contributed by atoms with Crippen molar-refractivity contribution in [2.45, 2.75) is 25.7 Å². The van der Waals surface area contributed by atoms with Gasteiger partial charge in [-0.05, 0) is 23.6 Å². The summed E-state index contributed by atoms with van der Waals surface area (Å²) in [4.78, 5) is 0. The van der Waals surface area contributed by atoms with Gasteiger partial charge in [-0.25, -0.2) is 4.68 Å². The van der Waals surface area contributed by atoms with Crippen molar-refractivity contribution in [2.24, 2.45) is 5.73 Å². The molecule has 2 N–H and O–H groups in total. The van der Waals surface area contributed by atoms with Crippen LogP contribution in [0.2, 0.25) is 0 Å². The molecule has 0 saturated carbocycles. The van der Waals surface area contributed by atoms with Crippen LogP contribution in [0.1, 0.15) is 42.5 Å². The maximum Gasteiger partial charge on any atom is 0.229 e. The van der Waals surface area contributed by atoms with Crippen molar-refractivity contribution in [1.29, 1.82) is 5.26 Å². The number of ether oxygens (including phenoxy) is 1. The lowest BCUT2D eigenvalue weighted by atomic mass is 9.82. The van der Waals surface area contributed by atoms with Crippen molar-refractivity contribution in [1.82, 2.24) is 9.78 Å². The van der Waals surface area contributed by atoms with Crippen molar-refractivity contribution in [3.63, 3.8) is 0 Å². The van der Waals surface area contributed by atoms with E-state index in [1.54, 1.807) is 4.68 Å². The first-order valence-corrected chi connectivity index (χ1v) is 8.92. The number of nitriles is 1. The molecule has 1 unspecified atom stereocenters. The summed E-state index contributed by atoms with van der Waals surface area (Å²) in [5, 5.41) is 14.6. The Kier molecular flexibility index (Phi) is 4.17. The van der Waals surface area contributed by atoms with Crippen LogP contribution in [-0.2, 0) is 0 Å². The van der Waals surface area contributed by atoms with E-state index in [1.165, 1.54) is 0 Å². The first-order valence-electron chi connectivity index (χ1n) is 8.92. The summed E-state index contributed by atoms with van der Waals surface area (Å²) in [6.07, 6.45) is 0. The van der Waals surface area contributed by atoms with Gasteiger partial charge in [-0.1, -0.05) is 62.4 Å². The summed E-state index contributed by atoms with van der Waals surface area (Å²) in [6.45, 7) is 4.18. The molecule has 2 aromatic carbocycles. The Morgan fingerprint density at radius 2 is 1.70 bits per heavy atom. The van der Waals surface area contributed by atoms with Crippen LogP contribution in [0, 0.1) is 11.3 Å². The molecular formula is C22H20N4O. The molecule has 5 heteroatoms. The Bertz CT molecular complexity index is 1040. The number of benzene rings is 2. The van der Waals surface area contributed by atoms with E-state index in [0.717, 1.165) is 22.5 Å². The number of nitrogens with two attached hydrogens (primary N) is 1. The molecule has 0 bridgehead atoms. The average Bonchev–Trinajstić information content (AvgIpc) is 3.07. The zero-order chi connectivity index (χ0) is 19.0. The molecule has 0 radical (unpaired) electrons. The van der Waals surface area contributed by atoms with Crippen LogP contribution in [-0.4, -0.2) is 9.78 Å². The van der Waals surface area contributed by atoms with E-state index in [-0.39, 0.29) is 17.7 Å². The Morgan fingerprint density at radius 3 is 2.30 bits per heavy atom. The summed E-state index contributed by atoms with van der Waals surface area (Å²) < 4.78 is 7.72. The van der Waals surface area contributed by atoms with E-state index < -0.39 is 0 Å².